The average Bonchev–Trinajstić information content (AvgIpc) is 3.26. The first-order valence-corrected chi connectivity index (χ1v) is 10.8. The molecule has 4 saturated heterocycles. The lowest BCUT2D eigenvalue weighted by atomic mass is 9.79. The molecule has 0 aliphatic carbocycles. The normalized spacial score (nSPS) is 28.4. The lowest BCUT2D eigenvalue weighted by Crippen LogP contribution is -2.62. The van der Waals surface area contributed by atoms with Crippen LogP contribution >= 0.6 is 0 Å². The lowest BCUT2D eigenvalue weighted by molar-refractivity contribution is 0.0217. The van der Waals surface area contributed by atoms with Gasteiger partial charge in [0, 0.05) is 30.7 Å². The molecule has 4 aliphatic heterocycles. The zero-order valence-electron chi connectivity index (χ0n) is 17.3. The van der Waals surface area contributed by atoms with Crippen LogP contribution in [-0.4, -0.2) is 67.4 Å². The summed E-state index contributed by atoms with van der Waals surface area (Å²) < 4.78 is 16.5. The van der Waals surface area contributed by atoms with Crippen LogP contribution in [0.1, 0.15) is 30.1 Å². The largest absolute Gasteiger partial charge is 0.436 e. The number of hydrogen-bond acceptors (Lipinski definition) is 7. The number of carbonyl (C=O) groups is 1. The molecule has 6 rings (SSSR count). The minimum Gasteiger partial charge on any atom is -0.436 e. The van der Waals surface area contributed by atoms with Gasteiger partial charge in [-0.1, -0.05) is 0 Å². The summed E-state index contributed by atoms with van der Waals surface area (Å²) in [5.74, 6) is 2.25. The van der Waals surface area contributed by atoms with Crippen molar-refractivity contribution in [3.8, 4) is 11.6 Å². The summed E-state index contributed by atoms with van der Waals surface area (Å²) in [5.41, 5.74) is 0.639. The number of fused-ring (bicyclic) bond motifs is 3. The van der Waals surface area contributed by atoms with Crippen LogP contribution in [0.5, 0.6) is 11.6 Å². The molecule has 5 heterocycles. The Bertz CT molecular complexity index is 868. The van der Waals surface area contributed by atoms with E-state index in [4.69, 9.17) is 14.0 Å². The van der Waals surface area contributed by atoms with Crippen LogP contribution < -0.4 is 15.0 Å². The average molecular weight is 412 g/mol. The molecule has 0 radical (unpaired) electrons. The smallest absolute Gasteiger partial charge is 0.261 e. The van der Waals surface area contributed by atoms with Gasteiger partial charge in [0.1, 0.15) is 5.75 Å². The van der Waals surface area contributed by atoms with Crippen LogP contribution in [-0.2, 0) is 4.74 Å². The van der Waals surface area contributed by atoms with Crippen molar-refractivity contribution in [2.45, 2.75) is 31.8 Å². The second-order valence-electron chi connectivity index (χ2n) is 8.34. The molecular weight excluding hydrogens is 384 g/mol. The van der Waals surface area contributed by atoms with Crippen molar-refractivity contribution in [1.29, 1.82) is 0 Å². The molecule has 1 aromatic heterocycles. The molecule has 8 heteroatoms. The Balaban J connectivity index is 1.19. The summed E-state index contributed by atoms with van der Waals surface area (Å²) in [6, 6.07) is 9.57. The summed E-state index contributed by atoms with van der Waals surface area (Å²) in [6.45, 7) is 7.43. The molecule has 2 atom stereocenters. The van der Waals surface area contributed by atoms with Crippen molar-refractivity contribution in [1.82, 2.24) is 15.4 Å². The molecule has 1 N–H and O–H groups in total. The number of piperidine rings is 3. The van der Waals surface area contributed by atoms with E-state index in [1.54, 1.807) is 30.3 Å². The van der Waals surface area contributed by atoms with Gasteiger partial charge in [-0.05, 0) is 68.2 Å². The van der Waals surface area contributed by atoms with Gasteiger partial charge in [-0.2, -0.15) is 0 Å². The van der Waals surface area contributed by atoms with Crippen molar-refractivity contribution in [3.63, 3.8) is 0 Å². The Labute approximate surface area is 176 Å². The molecule has 8 nitrogen and oxygen atoms in total. The number of ether oxygens (including phenoxy) is 2. The molecule has 2 unspecified atom stereocenters. The van der Waals surface area contributed by atoms with Crippen molar-refractivity contribution in [3.05, 3.63) is 35.9 Å². The summed E-state index contributed by atoms with van der Waals surface area (Å²) >= 11 is 0. The van der Waals surface area contributed by atoms with E-state index in [1.807, 2.05) is 0 Å². The molecule has 4 fully saturated rings. The van der Waals surface area contributed by atoms with E-state index in [-0.39, 0.29) is 11.9 Å². The SMILES string of the molecule is CC1C(NC(=O)c2ccc(Oc3cc(N4CCOCC4)on3)cc2)C2CCN1CC2. The molecule has 4 aliphatic rings. The van der Waals surface area contributed by atoms with Crippen molar-refractivity contribution in [2.24, 2.45) is 5.92 Å². The van der Waals surface area contributed by atoms with Gasteiger partial charge in [0.25, 0.3) is 11.8 Å². The molecule has 0 spiro atoms. The van der Waals surface area contributed by atoms with Crippen LogP contribution in [0.3, 0.4) is 0 Å². The highest BCUT2D eigenvalue weighted by Crippen LogP contribution is 2.32. The van der Waals surface area contributed by atoms with E-state index in [1.165, 1.54) is 12.8 Å². The van der Waals surface area contributed by atoms with Crippen molar-refractivity contribution in [2.75, 3.05) is 44.3 Å². The van der Waals surface area contributed by atoms with E-state index in [9.17, 15) is 4.79 Å². The van der Waals surface area contributed by atoms with Gasteiger partial charge in [0.15, 0.2) is 0 Å². The van der Waals surface area contributed by atoms with Crippen LogP contribution in [0.2, 0.25) is 0 Å². The Morgan fingerprint density at radius 2 is 1.87 bits per heavy atom. The van der Waals surface area contributed by atoms with Gasteiger partial charge in [-0.25, -0.2) is 0 Å². The fourth-order valence-corrected chi connectivity index (χ4v) is 4.81. The highest BCUT2D eigenvalue weighted by atomic mass is 16.5. The van der Waals surface area contributed by atoms with Crippen LogP contribution in [0, 0.1) is 5.92 Å². The monoisotopic (exact) mass is 412 g/mol. The Hall–Kier alpha value is -2.58. The number of amides is 1. The maximum atomic E-state index is 12.8. The number of nitrogens with zero attached hydrogens (tertiary/aromatic N) is 3. The van der Waals surface area contributed by atoms with Gasteiger partial charge in [0.05, 0.1) is 19.3 Å². The van der Waals surface area contributed by atoms with Gasteiger partial charge in [0.2, 0.25) is 5.88 Å². The van der Waals surface area contributed by atoms with Gasteiger partial charge in [-0.15, -0.1) is 0 Å². The summed E-state index contributed by atoms with van der Waals surface area (Å²) in [7, 11) is 0. The molecule has 0 saturated carbocycles. The number of carbonyl (C=O) groups excluding carboxylic acids is 1. The zero-order valence-corrected chi connectivity index (χ0v) is 17.3. The van der Waals surface area contributed by atoms with E-state index in [0.29, 0.717) is 48.3 Å². The Morgan fingerprint density at radius 1 is 1.13 bits per heavy atom. The summed E-state index contributed by atoms with van der Waals surface area (Å²) in [5, 5.41) is 7.25. The second kappa shape index (κ2) is 8.28. The molecule has 30 heavy (non-hydrogen) atoms. The lowest BCUT2D eigenvalue weighted by Gasteiger charge is -2.49. The van der Waals surface area contributed by atoms with Crippen molar-refractivity contribution < 1.29 is 18.8 Å². The minimum absolute atomic E-state index is 0.0248. The van der Waals surface area contributed by atoms with Crippen LogP contribution in [0.25, 0.3) is 0 Å². The predicted octanol–water partition coefficient (Wildman–Crippen LogP) is 2.52. The fraction of sp³-hybridized carbons (Fsp3) is 0.545. The van der Waals surface area contributed by atoms with E-state index >= 15 is 0 Å². The number of rotatable bonds is 5. The molecule has 2 bridgehead atoms. The first kappa shape index (κ1) is 19.4. The third-order valence-electron chi connectivity index (χ3n) is 6.61. The summed E-state index contributed by atoms with van der Waals surface area (Å²) in [6.07, 6.45) is 2.35. The number of nitrogens with one attached hydrogen (secondary N) is 1. The van der Waals surface area contributed by atoms with E-state index in [2.05, 4.69) is 27.2 Å². The van der Waals surface area contributed by atoms with Gasteiger partial charge >= 0.3 is 0 Å². The zero-order chi connectivity index (χ0) is 20.5. The standard InChI is InChI=1S/C22H28N4O4/c1-15-21(16-6-8-25(15)9-7-16)23-22(27)17-2-4-18(5-3-17)29-19-14-20(30-24-19)26-10-12-28-13-11-26/h2-5,14-16,21H,6-13H2,1H3,(H,23,27). The number of anilines is 1. The Morgan fingerprint density at radius 3 is 2.57 bits per heavy atom. The first-order chi connectivity index (χ1) is 14.7. The van der Waals surface area contributed by atoms with Crippen molar-refractivity contribution >= 4 is 11.8 Å². The second-order valence-corrected chi connectivity index (χ2v) is 8.34. The topological polar surface area (TPSA) is 80.1 Å². The predicted molar refractivity (Wildman–Crippen MR) is 111 cm³/mol. The van der Waals surface area contributed by atoms with E-state index < -0.39 is 0 Å². The van der Waals surface area contributed by atoms with Crippen LogP contribution in [0.4, 0.5) is 5.88 Å². The highest BCUT2D eigenvalue weighted by Gasteiger charge is 2.40. The molecule has 1 amide bonds. The molecule has 2 aromatic rings. The third-order valence-corrected chi connectivity index (χ3v) is 6.61. The van der Waals surface area contributed by atoms with Gasteiger partial charge in [-0.3, -0.25) is 9.69 Å². The molecule has 1 aromatic carbocycles. The first-order valence-electron chi connectivity index (χ1n) is 10.8. The third kappa shape index (κ3) is 3.89. The number of benzene rings is 1. The minimum atomic E-state index is -0.0248. The maximum Gasteiger partial charge on any atom is 0.261 e. The quantitative estimate of drug-likeness (QED) is 0.808. The fourth-order valence-electron chi connectivity index (χ4n) is 4.81. The summed E-state index contributed by atoms with van der Waals surface area (Å²) in [4.78, 5) is 17.3. The van der Waals surface area contributed by atoms with Gasteiger partial charge < -0.3 is 24.2 Å². The number of morpholine rings is 1. The maximum absolute atomic E-state index is 12.8. The Kier molecular flexibility index (Phi) is 5.35. The number of aromatic nitrogens is 1. The molecular formula is C22H28N4O4. The van der Waals surface area contributed by atoms with Crippen LogP contribution in [0.15, 0.2) is 34.9 Å². The number of hydrogen-bond donors (Lipinski definition) is 1. The molecule has 160 valence electrons. The highest BCUT2D eigenvalue weighted by molar-refractivity contribution is 5.94. The van der Waals surface area contributed by atoms with E-state index in [0.717, 1.165) is 26.2 Å².